The van der Waals surface area contributed by atoms with Crippen LogP contribution in [0.4, 0.5) is 15.8 Å². The van der Waals surface area contributed by atoms with Crippen LogP contribution in [0.25, 0.3) is 0 Å². The summed E-state index contributed by atoms with van der Waals surface area (Å²) >= 11 is 5.98. The van der Waals surface area contributed by atoms with Crippen LogP contribution < -0.4 is 10.6 Å². The molecule has 2 N–H and O–H groups in total. The van der Waals surface area contributed by atoms with E-state index in [-0.39, 0.29) is 17.4 Å². The van der Waals surface area contributed by atoms with Gasteiger partial charge >= 0.3 is 0 Å². The third kappa shape index (κ3) is 4.37. The number of nitrogens with zero attached hydrogens (tertiary/aromatic N) is 1. The standard InChI is InChI=1S/C20H17ClFN3O/c1-13-6-7-15(21)10-18(13)25-20(26)19-11-16(8-9-23-19)24-12-14-4-2-3-5-17(14)22/h2-11H,12H2,1H3,(H,23,24)(H,25,26). The third-order valence-electron chi connectivity index (χ3n) is 3.88. The molecule has 0 atom stereocenters. The number of aromatic nitrogens is 1. The first kappa shape index (κ1) is 17.9. The first-order valence-electron chi connectivity index (χ1n) is 8.04. The molecule has 3 rings (SSSR count). The maximum atomic E-state index is 13.7. The summed E-state index contributed by atoms with van der Waals surface area (Å²) in [5, 5.41) is 6.44. The summed E-state index contributed by atoms with van der Waals surface area (Å²) < 4.78 is 13.7. The smallest absolute Gasteiger partial charge is 0.274 e. The fourth-order valence-corrected chi connectivity index (χ4v) is 2.59. The number of amides is 1. The van der Waals surface area contributed by atoms with Crippen LogP contribution in [-0.2, 0) is 6.54 Å². The Kier molecular flexibility index (Phi) is 5.49. The molecule has 1 aromatic heterocycles. The van der Waals surface area contributed by atoms with Crippen LogP contribution in [0.5, 0.6) is 0 Å². The van der Waals surface area contributed by atoms with Crippen molar-refractivity contribution in [3.8, 4) is 0 Å². The van der Waals surface area contributed by atoms with E-state index in [9.17, 15) is 9.18 Å². The van der Waals surface area contributed by atoms with Gasteiger partial charge in [0.05, 0.1) is 0 Å². The van der Waals surface area contributed by atoms with E-state index in [4.69, 9.17) is 11.6 Å². The molecule has 0 aliphatic heterocycles. The second-order valence-electron chi connectivity index (χ2n) is 5.79. The molecule has 2 aromatic carbocycles. The minimum absolute atomic E-state index is 0.253. The van der Waals surface area contributed by atoms with E-state index < -0.39 is 0 Å². The predicted octanol–water partition coefficient (Wildman–Crippen LogP) is 5.05. The molecule has 0 bridgehead atoms. The highest BCUT2D eigenvalue weighted by atomic mass is 35.5. The van der Waals surface area contributed by atoms with Crippen molar-refractivity contribution in [3.05, 3.63) is 88.5 Å². The van der Waals surface area contributed by atoms with Crippen LogP contribution >= 0.6 is 11.6 Å². The van der Waals surface area contributed by atoms with Gasteiger partial charge in [0.15, 0.2) is 0 Å². The molecule has 0 aliphatic rings. The van der Waals surface area contributed by atoms with Gasteiger partial charge in [0, 0.05) is 34.7 Å². The number of hydrogen-bond donors (Lipinski definition) is 2. The Hall–Kier alpha value is -2.92. The van der Waals surface area contributed by atoms with Gasteiger partial charge in [-0.05, 0) is 42.8 Å². The lowest BCUT2D eigenvalue weighted by Crippen LogP contribution is -2.15. The van der Waals surface area contributed by atoms with Crippen molar-refractivity contribution in [2.24, 2.45) is 0 Å². The molecule has 1 amide bonds. The van der Waals surface area contributed by atoms with Crippen LogP contribution in [0.3, 0.4) is 0 Å². The molecule has 26 heavy (non-hydrogen) atoms. The highest BCUT2D eigenvalue weighted by Gasteiger charge is 2.10. The van der Waals surface area contributed by atoms with E-state index in [1.54, 1.807) is 42.5 Å². The Morgan fingerprint density at radius 2 is 1.96 bits per heavy atom. The average molecular weight is 370 g/mol. The van der Waals surface area contributed by atoms with E-state index in [1.165, 1.54) is 12.3 Å². The largest absolute Gasteiger partial charge is 0.381 e. The topological polar surface area (TPSA) is 54.0 Å². The molecule has 1 heterocycles. The maximum absolute atomic E-state index is 13.7. The fourth-order valence-electron chi connectivity index (χ4n) is 2.42. The van der Waals surface area contributed by atoms with Gasteiger partial charge in [0.1, 0.15) is 11.5 Å². The Balaban J connectivity index is 1.71. The quantitative estimate of drug-likeness (QED) is 0.662. The first-order valence-corrected chi connectivity index (χ1v) is 8.41. The molecule has 0 aliphatic carbocycles. The van der Waals surface area contributed by atoms with Gasteiger partial charge < -0.3 is 10.6 Å². The van der Waals surface area contributed by atoms with Crippen LogP contribution in [0.1, 0.15) is 21.6 Å². The van der Waals surface area contributed by atoms with Crippen LogP contribution in [0.15, 0.2) is 60.8 Å². The van der Waals surface area contributed by atoms with Crippen molar-refractivity contribution >= 4 is 28.9 Å². The van der Waals surface area contributed by atoms with Gasteiger partial charge in [0.25, 0.3) is 5.91 Å². The Morgan fingerprint density at radius 3 is 2.77 bits per heavy atom. The van der Waals surface area contributed by atoms with E-state index in [1.807, 2.05) is 13.0 Å². The van der Waals surface area contributed by atoms with E-state index in [0.717, 1.165) is 5.56 Å². The van der Waals surface area contributed by atoms with Crippen molar-refractivity contribution in [2.45, 2.75) is 13.5 Å². The number of carbonyl (C=O) groups is 1. The van der Waals surface area contributed by atoms with Crippen molar-refractivity contribution in [3.63, 3.8) is 0 Å². The minimum atomic E-state index is -0.343. The molecule has 132 valence electrons. The lowest BCUT2D eigenvalue weighted by Gasteiger charge is -2.10. The Labute approximate surface area is 156 Å². The van der Waals surface area contributed by atoms with E-state index in [2.05, 4.69) is 15.6 Å². The second kappa shape index (κ2) is 7.97. The van der Waals surface area contributed by atoms with Crippen molar-refractivity contribution in [1.29, 1.82) is 0 Å². The molecular weight excluding hydrogens is 353 g/mol. The van der Waals surface area contributed by atoms with Crippen molar-refractivity contribution in [1.82, 2.24) is 4.98 Å². The zero-order chi connectivity index (χ0) is 18.5. The minimum Gasteiger partial charge on any atom is -0.381 e. The monoisotopic (exact) mass is 369 g/mol. The molecule has 3 aromatic rings. The summed E-state index contributed by atoms with van der Waals surface area (Å²) in [7, 11) is 0. The lowest BCUT2D eigenvalue weighted by atomic mass is 10.2. The molecule has 0 saturated carbocycles. The molecule has 0 radical (unpaired) electrons. The Morgan fingerprint density at radius 1 is 1.15 bits per heavy atom. The first-order chi connectivity index (χ1) is 12.5. The van der Waals surface area contributed by atoms with Gasteiger partial charge in [-0.2, -0.15) is 0 Å². The predicted molar refractivity (Wildman–Crippen MR) is 102 cm³/mol. The number of anilines is 2. The fraction of sp³-hybridized carbons (Fsp3) is 0.100. The van der Waals surface area contributed by atoms with Gasteiger partial charge in [-0.3, -0.25) is 9.78 Å². The van der Waals surface area contributed by atoms with Gasteiger partial charge in [0.2, 0.25) is 0 Å². The number of hydrogen-bond acceptors (Lipinski definition) is 3. The number of halogens is 2. The van der Waals surface area contributed by atoms with E-state index in [0.29, 0.717) is 28.5 Å². The summed E-state index contributed by atoms with van der Waals surface area (Å²) in [5.74, 6) is -0.617. The van der Waals surface area contributed by atoms with Gasteiger partial charge in [-0.1, -0.05) is 35.9 Å². The second-order valence-corrected chi connectivity index (χ2v) is 6.22. The van der Waals surface area contributed by atoms with Crippen LogP contribution in [0.2, 0.25) is 5.02 Å². The van der Waals surface area contributed by atoms with Gasteiger partial charge in [-0.25, -0.2) is 4.39 Å². The number of aryl methyl sites for hydroxylation is 1. The molecule has 0 fully saturated rings. The number of benzene rings is 2. The molecule has 6 heteroatoms. The Bertz CT molecular complexity index is 946. The van der Waals surface area contributed by atoms with Gasteiger partial charge in [-0.15, -0.1) is 0 Å². The van der Waals surface area contributed by atoms with Crippen LogP contribution in [0, 0.1) is 12.7 Å². The molecular formula is C20H17ClFN3O. The third-order valence-corrected chi connectivity index (χ3v) is 4.12. The summed E-state index contributed by atoms with van der Waals surface area (Å²) in [5.41, 5.74) is 3.01. The highest BCUT2D eigenvalue weighted by molar-refractivity contribution is 6.31. The van der Waals surface area contributed by atoms with E-state index >= 15 is 0 Å². The zero-order valence-electron chi connectivity index (χ0n) is 14.1. The SMILES string of the molecule is Cc1ccc(Cl)cc1NC(=O)c1cc(NCc2ccccc2F)ccn1. The molecule has 4 nitrogen and oxygen atoms in total. The molecule has 0 saturated heterocycles. The summed E-state index contributed by atoms with van der Waals surface area (Å²) in [4.78, 5) is 16.6. The number of pyridine rings is 1. The summed E-state index contributed by atoms with van der Waals surface area (Å²) in [6.45, 7) is 2.19. The van der Waals surface area contributed by atoms with Crippen molar-refractivity contribution < 1.29 is 9.18 Å². The highest BCUT2D eigenvalue weighted by Crippen LogP contribution is 2.21. The summed E-state index contributed by atoms with van der Waals surface area (Å²) in [6, 6.07) is 15.2. The summed E-state index contributed by atoms with van der Waals surface area (Å²) in [6.07, 6.45) is 1.53. The number of nitrogens with one attached hydrogen (secondary N) is 2. The average Bonchev–Trinajstić information content (AvgIpc) is 2.64. The number of carbonyl (C=O) groups excluding carboxylic acids is 1. The van der Waals surface area contributed by atoms with Crippen molar-refractivity contribution in [2.75, 3.05) is 10.6 Å². The lowest BCUT2D eigenvalue weighted by molar-refractivity contribution is 0.102. The number of rotatable bonds is 5. The normalized spacial score (nSPS) is 10.4. The zero-order valence-corrected chi connectivity index (χ0v) is 14.8. The molecule has 0 unspecified atom stereocenters. The maximum Gasteiger partial charge on any atom is 0.274 e. The van der Waals surface area contributed by atoms with Crippen LogP contribution in [-0.4, -0.2) is 10.9 Å². The molecule has 0 spiro atoms.